The van der Waals surface area contributed by atoms with Crippen molar-refractivity contribution in [2.75, 3.05) is 11.9 Å². The van der Waals surface area contributed by atoms with Gasteiger partial charge in [0.1, 0.15) is 10.8 Å². The fourth-order valence-electron chi connectivity index (χ4n) is 3.32. The number of thiophene rings is 1. The predicted molar refractivity (Wildman–Crippen MR) is 129 cm³/mol. The van der Waals surface area contributed by atoms with Gasteiger partial charge in [-0.25, -0.2) is 13.4 Å². The highest BCUT2D eigenvalue weighted by molar-refractivity contribution is 7.90. The number of aromatic nitrogens is 1. The van der Waals surface area contributed by atoms with Crippen LogP contribution in [-0.4, -0.2) is 31.7 Å². The number of nitrogens with zero attached hydrogens (tertiary/aromatic N) is 2. The van der Waals surface area contributed by atoms with Crippen LogP contribution in [0.4, 0.5) is 5.69 Å². The van der Waals surface area contributed by atoms with Crippen LogP contribution in [0.15, 0.2) is 70.6 Å². The summed E-state index contributed by atoms with van der Waals surface area (Å²) in [6.07, 6.45) is 1.46. The summed E-state index contributed by atoms with van der Waals surface area (Å²) >= 11 is 2.93. The van der Waals surface area contributed by atoms with Gasteiger partial charge in [-0.1, -0.05) is 18.2 Å². The summed E-state index contributed by atoms with van der Waals surface area (Å²) in [6, 6.07) is 17.7. The molecule has 0 radical (unpaired) electrons. The zero-order valence-corrected chi connectivity index (χ0v) is 19.2. The summed E-state index contributed by atoms with van der Waals surface area (Å²) in [5.41, 5.74) is 1.34. The molecule has 0 saturated heterocycles. The molecular formula is C22H18N4O3S3. The van der Waals surface area contributed by atoms with E-state index >= 15 is 0 Å². The minimum absolute atomic E-state index is 0.0752. The first-order valence-corrected chi connectivity index (χ1v) is 13.0. The molecule has 0 fully saturated rings. The van der Waals surface area contributed by atoms with Crippen LogP contribution in [0.25, 0.3) is 20.1 Å². The number of benzene rings is 2. The van der Waals surface area contributed by atoms with Crippen molar-refractivity contribution in [2.45, 2.75) is 17.7 Å². The number of fused-ring (bicyclic) bond motifs is 1. The van der Waals surface area contributed by atoms with Gasteiger partial charge in [0, 0.05) is 18.7 Å². The lowest BCUT2D eigenvalue weighted by Crippen LogP contribution is -2.29. The SMILES string of the molecule is O=C(Nc1cccc(S(=O)(=O)NC2=NCCC2)c1)c1ccc(-c2nc3ccccc3s2)s1. The van der Waals surface area contributed by atoms with Crippen molar-refractivity contribution in [3.8, 4) is 9.88 Å². The van der Waals surface area contributed by atoms with E-state index in [1.165, 1.54) is 23.5 Å². The van der Waals surface area contributed by atoms with Crippen molar-refractivity contribution < 1.29 is 13.2 Å². The van der Waals surface area contributed by atoms with Crippen molar-refractivity contribution >= 4 is 60.3 Å². The quantitative estimate of drug-likeness (QED) is 0.429. The number of amides is 1. The first-order valence-electron chi connectivity index (χ1n) is 9.91. The summed E-state index contributed by atoms with van der Waals surface area (Å²) in [5.74, 6) is 0.172. The Labute approximate surface area is 192 Å². The maximum Gasteiger partial charge on any atom is 0.265 e. The standard InChI is InChI=1S/C22H18N4O3S3/c27-21(18-10-11-19(30-18)22-25-16-7-1-2-8-17(16)31-22)24-14-5-3-6-15(13-14)32(28,29)26-20-9-4-12-23-20/h1-3,5-8,10-11,13H,4,9,12H2,(H,23,26)(H,24,27). The van der Waals surface area contributed by atoms with Crippen molar-refractivity contribution in [3.05, 3.63) is 65.5 Å². The van der Waals surface area contributed by atoms with E-state index in [9.17, 15) is 13.2 Å². The molecule has 1 amide bonds. The minimum Gasteiger partial charge on any atom is -0.321 e. The van der Waals surface area contributed by atoms with Gasteiger partial charge >= 0.3 is 0 Å². The predicted octanol–water partition coefficient (Wildman–Crippen LogP) is 4.75. The molecule has 2 aromatic heterocycles. The number of aliphatic imine (C=N–C) groups is 1. The summed E-state index contributed by atoms with van der Waals surface area (Å²) in [4.78, 5) is 23.1. The Morgan fingerprint density at radius 3 is 2.69 bits per heavy atom. The Balaban J connectivity index is 1.33. The smallest absolute Gasteiger partial charge is 0.265 e. The van der Waals surface area contributed by atoms with E-state index in [1.807, 2.05) is 30.3 Å². The van der Waals surface area contributed by atoms with Crippen LogP contribution in [0.1, 0.15) is 22.5 Å². The third-order valence-corrected chi connectivity index (χ3v) is 8.53. The van der Waals surface area contributed by atoms with Gasteiger partial charge in [-0.3, -0.25) is 14.5 Å². The molecule has 162 valence electrons. The summed E-state index contributed by atoms with van der Waals surface area (Å²) in [6.45, 7) is 0.633. The number of carbonyl (C=O) groups is 1. The lowest BCUT2D eigenvalue weighted by atomic mass is 10.3. The number of rotatable bonds is 5. The number of carbonyl (C=O) groups excluding carboxylic acids is 1. The largest absolute Gasteiger partial charge is 0.321 e. The number of sulfonamides is 1. The molecule has 2 aromatic carbocycles. The topological polar surface area (TPSA) is 101 Å². The molecule has 1 aliphatic rings. The molecule has 0 spiro atoms. The van der Waals surface area contributed by atoms with E-state index in [-0.39, 0.29) is 10.8 Å². The van der Waals surface area contributed by atoms with Crippen LogP contribution in [0.2, 0.25) is 0 Å². The Morgan fingerprint density at radius 2 is 1.88 bits per heavy atom. The number of hydrogen-bond acceptors (Lipinski definition) is 7. The zero-order chi connectivity index (χ0) is 22.1. The molecule has 5 rings (SSSR count). The van der Waals surface area contributed by atoms with Crippen LogP contribution >= 0.6 is 22.7 Å². The molecule has 7 nitrogen and oxygen atoms in total. The molecule has 32 heavy (non-hydrogen) atoms. The Hall–Kier alpha value is -3.08. The van der Waals surface area contributed by atoms with Crippen LogP contribution in [-0.2, 0) is 10.0 Å². The highest BCUT2D eigenvalue weighted by Crippen LogP contribution is 2.34. The van der Waals surface area contributed by atoms with Gasteiger partial charge in [0.2, 0.25) is 0 Å². The average molecular weight is 483 g/mol. The minimum atomic E-state index is -3.75. The van der Waals surface area contributed by atoms with Gasteiger partial charge in [-0.15, -0.1) is 22.7 Å². The number of para-hydroxylation sites is 1. The highest BCUT2D eigenvalue weighted by atomic mass is 32.2. The van der Waals surface area contributed by atoms with Gasteiger partial charge in [0.05, 0.1) is 24.9 Å². The molecule has 0 saturated carbocycles. The lowest BCUT2D eigenvalue weighted by molar-refractivity contribution is 0.103. The zero-order valence-electron chi connectivity index (χ0n) is 16.7. The lowest BCUT2D eigenvalue weighted by Gasteiger charge is -2.09. The van der Waals surface area contributed by atoms with Gasteiger partial charge < -0.3 is 5.32 Å². The second kappa shape index (κ2) is 8.45. The third kappa shape index (κ3) is 4.29. The number of thiazole rings is 1. The molecule has 0 aliphatic carbocycles. The van der Waals surface area contributed by atoms with Crippen molar-refractivity contribution in [1.29, 1.82) is 0 Å². The first-order chi connectivity index (χ1) is 15.5. The van der Waals surface area contributed by atoms with Gasteiger partial charge in [-0.2, -0.15) is 0 Å². The first kappa shape index (κ1) is 20.8. The number of anilines is 1. The molecule has 1 aliphatic heterocycles. The number of hydrogen-bond donors (Lipinski definition) is 2. The molecule has 0 bridgehead atoms. The molecule has 10 heteroatoms. The second-order valence-electron chi connectivity index (χ2n) is 7.17. The van der Waals surface area contributed by atoms with E-state index in [0.29, 0.717) is 29.4 Å². The van der Waals surface area contributed by atoms with E-state index in [2.05, 4.69) is 20.0 Å². The fourth-order valence-corrected chi connectivity index (χ4v) is 6.38. The fraction of sp³-hybridized carbons (Fsp3) is 0.136. The van der Waals surface area contributed by atoms with Crippen LogP contribution in [0.3, 0.4) is 0 Å². The Kier molecular flexibility index (Phi) is 5.50. The summed E-state index contributed by atoms with van der Waals surface area (Å²) in [7, 11) is -3.75. The van der Waals surface area contributed by atoms with Crippen molar-refractivity contribution in [3.63, 3.8) is 0 Å². The normalized spacial score (nSPS) is 13.8. The number of amidine groups is 1. The van der Waals surface area contributed by atoms with Crippen LogP contribution < -0.4 is 10.0 Å². The van der Waals surface area contributed by atoms with Crippen molar-refractivity contribution in [1.82, 2.24) is 9.71 Å². The molecule has 2 N–H and O–H groups in total. The monoisotopic (exact) mass is 482 g/mol. The van der Waals surface area contributed by atoms with E-state index in [4.69, 9.17) is 0 Å². The van der Waals surface area contributed by atoms with E-state index < -0.39 is 10.0 Å². The number of nitrogens with one attached hydrogen (secondary N) is 2. The van der Waals surface area contributed by atoms with E-state index in [1.54, 1.807) is 29.5 Å². The Morgan fingerprint density at radius 1 is 1.00 bits per heavy atom. The molecular weight excluding hydrogens is 464 g/mol. The maximum absolute atomic E-state index is 12.8. The molecule has 4 aromatic rings. The average Bonchev–Trinajstić information content (AvgIpc) is 3.53. The highest BCUT2D eigenvalue weighted by Gasteiger charge is 2.19. The third-order valence-electron chi connectivity index (χ3n) is 4.86. The second-order valence-corrected chi connectivity index (χ2v) is 11.0. The molecule has 3 heterocycles. The Bertz CT molecular complexity index is 1420. The van der Waals surface area contributed by atoms with Crippen molar-refractivity contribution in [2.24, 2.45) is 4.99 Å². The van der Waals surface area contributed by atoms with Crippen LogP contribution in [0, 0.1) is 0 Å². The maximum atomic E-state index is 12.8. The summed E-state index contributed by atoms with van der Waals surface area (Å²) in [5, 5.41) is 3.65. The van der Waals surface area contributed by atoms with Crippen LogP contribution in [0.5, 0.6) is 0 Å². The summed E-state index contributed by atoms with van der Waals surface area (Å²) < 4.78 is 28.9. The van der Waals surface area contributed by atoms with Gasteiger partial charge in [0.15, 0.2) is 0 Å². The van der Waals surface area contributed by atoms with E-state index in [0.717, 1.165) is 26.5 Å². The van der Waals surface area contributed by atoms with Gasteiger partial charge in [0.25, 0.3) is 15.9 Å². The van der Waals surface area contributed by atoms with Gasteiger partial charge in [-0.05, 0) is 48.9 Å². The molecule has 0 unspecified atom stereocenters. The molecule has 0 atom stereocenters.